The molecule has 226 valence electrons. The molecule has 4 rings (SSSR count). The lowest BCUT2D eigenvalue weighted by Crippen LogP contribution is -2.55. The van der Waals surface area contributed by atoms with Crippen molar-refractivity contribution in [3.63, 3.8) is 0 Å². The highest BCUT2D eigenvalue weighted by Crippen LogP contribution is 2.24. The van der Waals surface area contributed by atoms with E-state index in [0.29, 0.717) is 24.7 Å². The molecule has 1 aromatic carbocycles. The summed E-state index contributed by atoms with van der Waals surface area (Å²) in [5.74, 6) is -1.23. The Morgan fingerprint density at radius 1 is 1.07 bits per heavy atom. The minimum Gasteiger partial charge on any atom is -0.481 e. The Labute approximate surface area is 243 Å². The Hall–Kier alpha value is -4.30. The molecule has 1 aromatic heterocycles. The highest BCUT2D eigenvalue weighted by Gasteiger charge is 2.31. The van der Waals surface area contributed by atoms with Gasteiger partial charge >= 0.3 is 12.1 Å². The number of aromatic nitrogens is 2. The number of methoxy groups -OCH3 is 1. The number of carboxylic acids is 1. The van der Waals surface area contributed by atoms with Gasteiger partial charge in [-0.15, -0.1) is 5.06 Å². The third kappa shape index (κ3) is 8.13. The van der Waals surface area contributed by atoms with Crippen molar-refractivity contribution in [1.82, 2.24) is 25.2 Å². The van der Waals surface area contributed by atoms with E-state index >= 15 is 0 Å². The highest BCUT2D eigenvalue weighted by molar-refractivity contribution is 5.97. The molecule has 2 aliphatic heterocycles. The number of carboxylic acid groups (broad SMARTS) is 1. The number of rotatable bonds is 11. The lowest BCUT2D eigenvalue weighted by Gasteiger charge is -2.35. The highest BCUT2D eigenvalue weighted by atomic mass is 16.8. The maximum absolute atomic E-state index is 13.6. The number of hydroxylamine groups is 2. The number of hydrogen-bond acceptors (Lipinski definition) is 11. The van der Waals surface area contributed by atoms with E-state index in [9.17, 15) is 24.3 Å². The van der Waals surface area contributed by atoms with E-state index in [1.165, 1.54) is 9.96 Å². The van der Waals surface area contributed by atoms with Gasteiger partial charge in [0.25, 0.3) is 5.91 Å². The summed E-state index contributed by atoms with van der Waals surface area (Å²) >= 11 is 0. The standard InChI is InChI=1S/C28H36N6O8/c1-3-41-28(39)42-34-15-13-32(14-16-34)27(38)21(9-10-24(35)36)30-26(37)22-17-23(33-12-11-20(18-33)40-2)31-25(29-22)19-7-5-4-6-8-19/h4-8,17,20-21H,3,9-16,18H2,1-2H3,(H,30,37)(H,35,36)/t20-,21+/m1/s1. The van der Waals surface area contributed by atoms with Gasteiger partial charge in [-0.3, -0.25) is 14.4 Å². The smallest absolute Gasteiger partial charge is 0.481 e. The number of nitrogens with zero attached hydrogens (tertiary/aromatic N) is 5. The molecule has 14 nitrogen and oxygen atoms in total. The summed E-state index contributed by atoms with van der Waals surface area (Å²) in [6.07, 6.45) is -0.399. The van der Waals surface area contributed by atoms with E-state index in [1.54, 1.807) is 20.1 Å². The third-order valence-electron chi connectivity index (χ3n) is 7.05. The maximum atomic E-state index is 13.6. The number of hydrogen-bond donors (Lipinski definition) is 2. The number of nitrogens with one attached hydrogen (secondary N) is 1. The number of carbonyl (C=O) groups excluding carboxylic acids is 3. The van der Waals surface area contributed by atoms with Gasteiger partial charge in [-0.1, -0.05) is 30.3 Å². The lowest BCUT2D eigenvalue weighted by molar-refractivity contribution is -0.157. The van der Waals surface area contributed by atoms with Gasteiger partial charge in [0.05, 0.1) is 25.8 Å². The fraction of sp³-hybridized carbons (Fsp3) is 0.500. The van der Waals surface area contributed by atoms with Crippen molar-refractivity contribution < 1.29 is 38.6 Å². The van der Waals surface area contributed by atoms with Gasteiger partial charge in [-0.2, -0.15) is 0 Å². The molecule has 2 fully saturated rings. The average Bonchev–Trinajstić information content (AvgIpc) is 3.49. The van der Waals surface area contributed by atoms with Gasteiger partial charge in [-0.05, 0) is 19.8 Å². The second-order valence-electron chi connectivity index (χ2n) is 9.88. The first-order valence-electron chi connectivity index (χ1n) is 13.9. The Bertz CT molecular complexity index is 1250. The Kier molecular flexibility index (Phi) is 10.6. The lowest BCUT2D eigenvalue weighted by atomic mass is 10.1. The van der Waals surface area contributed by atoms with Gasteiger partial charge in [0.15, 0.2) is 5.82 Å². The molecule has 0 aliphatic carbocycles. The monoisotopic (exact) mass is 584 g/mol. The number of ether oxygens (including phenoxy) is 2. The number of anilines is 1. The van der Waals surface area contributed by atoms with E-state index in [-0.39, 0.29) is 57.4 Å². The van der Waals surface area contributed by atoms with Crippen molar-refractivity contribution in [3.8, 4) is 11.4 Å². The van der Waals surface area contributed by atoms with Crippen molar-refractivity contribution in [1.29, 1.82) is 0 Å². The fourth-order valence-electron chi connectivity index (χ4n) is 4.78. The Morgan fingerprint density at radius 2 is 1.81 bits per heavy atom. The van der Waals surface area contributed by atoms with Crippen molar-refractivity contribution in [2.45, 2.75) is 38.3 Å². The van der Waals surface area contributed by atoms with Crippen molar-refractivity contribution >= 4 is 29.8 Å². The summed E-state index contributed by atoms with van der Waals surface area (Å²) in [4.78, 5) is 67.8. The van der Waals surface area contributed by atoms with E-state index in [0.717, 1.165) is 12.0 Å². The van der Waals surface area contributed by atoms with Crippen LogP contribution in [0.25, 0.3) is 11.4 Å². The third-order valence-corrected chi connectivity index (χ3v) is 7.05. The second-order valence-corrected chi connectivity index (χ2v) is 9.88. The predicted molar refractivity (Wildman–Crippen MR) is 149 cm³/mol. The average molecular weight is 585 g/mol. The molecule has 0 saturated carbocycles. The molecule has 2 aliphatic rings. The molecule has 2 saturated heterocycles. The van der Waals surface area contributed by atoms with Crippen LogP contribution >= 0.6 is 0 Å². The summed E-state index contributed by atoms with van der Waals surface area (Å²) in [6.45, 7) is 4.03. The van der Waals surface area contributed by atoms with Crippen LogP contribution in [0.2, 0.25) is 0 Å². The topological polar surface area (TPSA) is 164 Å². The quantitative estimate of drug-likeness (QED) is 0.367. The number of carbonyl (C=O) groups is 4. The molecule has 0 bridgehead atoms. The first kappa shape index (κ1) is 30.7. The minimum absolute atomic E-state index is 0.0404. The summed E-state index contributed by atoms with van der Waals surface area (Å²) in [5.41, 5.74) is 0.776. The Morgan fingerprint density at radius 3 is 2.45 bits per heavy atom. The van der Waals surface area contributed by atoms with E-state index in [2.05, 4.69) is 10.3 Å². The van der Waals surface area contributed by atoms with Crippen LogP contribution in [0.5, 0.6) is 0 Å². The van der Waals surface area contributed by atoms with Gasteiger partial charge in [0.2, 0.25) is 5.91 Å². The number of piperazine rings is 1. The van der Waals surface area contributed by atoms with E-state index in [1.807, 2.05) is 35.2 Å². The molecule has 2 atom stereocenters. The zero-order valence-electron chi connectivity index (χ0n) is 23.7. The van der Waals surface area contributed by atoms with Crippen LogP contribution in [0.15, 0.2) is 36.4 Å². The molecule has 0 spiro atoms. The zero-order chi connectivity index (χ0) is 30.1. The predicted octanol–water partition coefficient (Wildman–Crippen LogP) is 1.56. The Balaban J connectivity index is 1.51. The van der Waals surface area contributed by atoms with Gasteiger partial charge in [0, 0.05) is 51.3 Å². The molecule has 2 N–H and O–H groups in total. The zero-order valence-corrected chi connectivity index (χ0v) is 23.7. The first-order valence-corrected chi connectivity index (χ1v) is 13.9. The van der Waals surface area contributed by atoms with Gasteiger partial charge < -0.3 is 34.5 Å². The minimum atomic E-state index is -1.10. The van der Waals surface area contributed by atoms with Crippen LogP contribution in [0.1, 0.15) is 36.7 Å². The van der Waals surface area contributed by atoms with Crippen LogP contribution < -0.4 is 10.2 Å². The molecule has 42 heavy (non-hydrogen) atoms. The van der Waals surface area contributed by atoms with Crippen LogP contribution in [0, 0.1) is 0 Å². The molecular formula is C28H36N6O8. The normalized spacial score (nSPS) is 17.9. The van der Waals surface area contributed by atoms with Gasteiger partial charge in [-0.25, -0.2) is 14.8 Å². The molecule has 14 heteroatoms. The van der Waals surface area contributed by atoms with Crippen LogP contribution in [-0.4, -0.2) is 114 Å². The molecule has 2 amide bonds. The van der Waals surface area contributed by atoms with Crippen LogP contribution in [0.4, 0.5) is 10.6 Å². The fourth-order valence-corrected chi connectivity index (χ4v) is 4.78. The SMILES string of the molecule is CCOC(=O)ON1CCN(C(=O)[C@H](CCC(=O)O)NC(=O)c2cc(N3CC[C@@H](OC)C3)nc(-c3ccccc3)n2)CC1. The first-order chi connectivity index (χ1) is 20.3. The van der Waals surface area contributed by atoms with Crippen molar-refractivity contribution in [3.05, 3.63) is 42.1 Å². The maximum Gasteiger partial charge on any atom is 0.527 e. The molecule has 0 radical (unpaired) electrons. The second kappa shape index (κ2) is 14.5. The van der Waals surface area contributed by atoms with Crippen molar-refractivity contribution in [2.75, 3.05) is 57.9 Å². The van der Waals surface area contributed by atoms with E-state index in [4.69, 9.17) is 19.3 Å². The summed E-state index contributed by atoms with van der Waals surface area (Å²) in [5, 5.41) is 13.4. The molecule has 0 unspecified atom stereocenters. The van der Waals surface area contributed by atoms with Crippen LogP contribution in [-0.2, 0) is 23.9 Å². The number of amides is 2. The van der Waals surface area contributed by atoms with Crippen molar-refractivity contribution in [2.24, 2.45) is 0 Å². The summed E-state index contributed by atoms with van der Waals surface area (Å²) in [6, 6.07) is 9.71. The molecule has 2 aromatic rings. The largest absolute Gasteiger partial charge is 0.527 e. The number of aliphatic carboxylic acids is 1. The number of benzene rings is 1. The molecular weight excluding hydrogens is 548 g/mol. The van der Waals surface area contributed by atoms with Crippen LogP contribution in [0.3, 0.4) is 0 Å². The van der Waals surface area contributed by atoms with Gasteiger partial charge in [0.1, 0.15) is 17.6 Å². The summed E-state index contributed by atoms with van der Waals surface area (Å²) < 4.78 is 10.3. The van der Waals surface area contributed by atoms with E-state index < -0.39 is 30.0 Å². The molecule has 3 heterocycles. The summed E-state index contributed by atoms with van der Waals surface area (Å²) in [7, 11) is 1.66.